The van der Waals surface area contributed by atoms with E-state index in [2.05, 4.69) is 4.98 Å². The molecule has 18 heteroatoms. The topological polar surface area (TPSA) is 175 Å². The molecule has 0 bridgehead atoms. The van der Waals surface area contributed by atoms with Crippen LogP contribution in [0.15, 0.2) is 54.6 Å². The number of carboxylic acids is 2. The molecule has 0 saturated carbocycles. The molecule has 0 saturated heterocycles. The van der Waals surface area contributed by atoms with E-state index in [9.17, 15) is 26.3 Å². The van der Waals surface area contributed by atoms with Crippen LogP contribution in [0.1, 0.15) is 37.7 Å². The molecule has 0 amide bonds. The quantitative estimate of drug-likeness (QED) is 0.0693. The van der Waals surface area contributed by atoms with E-state index in [0.29, 0.717) is 35.1 Å². The number of aryl methyl sites for hydroxylation is 1. The van der Waals surface area contributed by atoms with Crippen LogP contribution in [0, 0.1) is 18.2 Å². The number of H-pyrrole nitrogens is 1. The number of rotatable bonds is 9. The molecule has 0 atom stereocenters. The highest BCUT2D eigenvalue weighted by molar-refractivity contribution is 5.95. The molecule has 0 spiro atoms. The van der Waals surface area contributed by atoms with Gasteiger partial charge >= 0.3 is 24.3 Å². The van der Waals surface area contributed by atoms with Crippen molar-refractivity contribution in [3.63, 3.8) is 0 Å². The van der Waals surface area contributed by atoms with E-state index in [1.165, 1.54) is 0 Å². The number of benzene rings is 3. The number of halogens is 7. The lowest BCUT2D eigenvalue weighted by Crippen LogP contribution is -2.21. The van der Waals surface area contributed by atoms with Crippen molar-refractivity contribution < 1.29 is 60.0 Å². The number of hydrogen-bond acceptors (Lipinski definition) is 7. The fourth-order valence-corrected chi connectivity index (χ4v) is 3.87. The molecule has 11 nitrogen and oxygen atoms in total. The van der Waals surface area contributed by atoms with Crippen molar-refractivity contribution in [2.75, 3.05) is 11.5 Å². The lowest BCUT2D eigenvalue weighted by molar-refractivity contribution is -0.193. The standard InChI is InChI=1S/C27H30FN5O2.2C2HF3O2/c1-5-34-20-13-23(26(28)24(14-20)35-16(2)3)33(19-9-7-18(8-10-19)27(29)30)15-25-31-21-11-6-17(4)12-22(21)32-25;2*3-2(4,5)1(6)7/h6-14,16H,5,15H2,1-4H3,(H3,29,30)(H,31,32);2*(H,6,7). The van der Waals surface area contributed by atoms with E-state index in [-0.39, 0.29) is 24.2 Å². The molecule has 3 aromatic carbocycles. The molecule has 266 valence electrons. The summed E-state index contributed by atoms with van der Waals surface area (Å²) >= 11 is 0. The van der Waals surface area contributed by atoms with Gasteiger partial charge in [-0.3, -0.25) is 5.41 Å². The van der Waals surface area contributed by atoms with Crippen LogP contribution >= 0.6 is 0 Å². The average Bonchev–Trinajstić information content (AvgIpc) is 3.39. The van der Waals surface area contributed by atoms with Gasteiger partial charge in [0.15, 0.2) is 11.6 Å². The van der Waals surface area contributed by atoms with Crippen molar-refractivity contribution in [3.05, 3.63) is 77.4 Å². The number of aromatic amines is 1. The molecular formula is C31H32F7N5O6. The molecule has 4 aromatic rings. The number of ether oxygens (including phenoxy) is 2. The summed E-state index contributed by atoms with van der Waals surface area (Å²) in [4.78, 5) is 27.7. The van der Waals surface area contributed by atoms with Crippen LogP contribution in [0.5, 0.6) is 11.5 Å². The summed E-state index contributed by atoms with van der Waals surface area (Å²) in [5.74, 6) is -4.75. The van der Waals surface area contributed by atoms with Crippen molar-refractivity contribution >= 4 is 40.2 Å². The number of nitrogens with one attached hydrogen (secondary N) is 2. The van der Waals surface area contributed by atoms with Gasteiger partial charge in [0.25, 0.3) is 0 Å². The van der Waals surface area contributed by atoms with Crippen LogP contribution in [0.4, 0.5) is 42.1 Å². The van der Waals surface area contributed by atoms with Gasteiger partial charge in [-0.25, -0.2) is 19.0 Å². The first-order valence-electron chi connectivity index (χ1n) is 14.0. The zero-order chi connectivity index (χ0) is 37.3. The van der Waals surface area contributed by atoms with E-state index in [0.717, 1.165) is 16.6 Å². The smallest absolute Gasteiger partial charge is 0.490 e. The number of aliphatic carboxylic acids is 2. The van der Waals surface area contributed by atoms with Crippen LogP contribution in [0.25, 0.3) is 11.0 Å². The highest BCUT2D eigenvalue weighted by Crippen LogP contribution is 2.38. The average molecular weight is 704 g/mol. The molecule has 0 radical (unpaired) electrons. The minimum Gasteiger partial charge on any atom is -0.494 e. The minimum atomic E-state index is -5.08. The molecule has 0 fully saturated rings. The minimum absolute atomic E-state index is 0.0344. The van der Waals surface area contributed by atoms with Crippen molar-refractivity contribution in [2.24, 2.45) is 5.73 Å². The normalized spacial score (nSPS) is 11.2. The molecular weight excluding hydrogens is 671 g/mol. The van der Waals surface area contributed by atoms with Gasteiger partial charge < -0.3 is 35.3 Å². The molecule has 1 aromatic heterocycles. The highest BCUT2D eigenvalue weighted by Gasteiger charge is 2.38. The zero-order valence-corrected chi connectivity index (χ0v) is 26.3. The second-order valence-corrected chi connectivity index (χ2v) is 10.2. The third kappa shape index (κ3) is 11.9. The van der Waals surface area contributed by atoms with Gasteiger partial charge in [-0.05, 0) is 69.7 Å². The molecule has 4 rings (SSSR count). The van der Waals surface area contributed by atoms with Crippen LogP contribution < -0.4 is 20.1 Å². The van der Waals surface area contributed by atoms with E-state index in [4.69, 9.17) is 45.4 Å². The number of nitrogens with two attached hydrogens (primary N) is 1. The van der Waals surface area contributed by atoms with Crippen LogP contribution in [-0.4, -0.2) is 63.0 Å². The number of aromatic nitrogens is 2. The third-order valence-electron chi connectivity index (χ3n) is 5.93. The summed E-state index contributed by atoms with van der Waals surface area (Å²) in [6, 6.07) is 16.3. The molecule has 0 unspecified atom stereocenters. The molecule has 6 N–H and O–H groups in total. The highest BCUT2D eigenvalue weighted by atomic mass is 19.4. The Hall–Kier alpha value is -5.55. The molecule has 1 heterocycles. The fraction of sp³-hybridized carbons (Fsp3) is 0.290. The number of fused-ring (bicyclic) bond motifs is 1. The van der Waals surface area contributed by atoms with Crippen LogP contribution in [0.3, 0.4) is 0 Å². The second-order valence-electron chi connectivity index (χ2n) is 10.2. The molecule has 0 aliphatic rings. The Bertz CT molecular complexity index is 1730. The van der Waals surface area contributed by atoms with Crippen molar-refractivity contribution in [1.29, 1.82) is 5.41 Å². The number of nitrogen functional groups attached to an aromatic ring is 1. The predicted molar refractivity (Wildman–Crippen MR) is 165 cm³/mol. The summed E-state index contributed by atoms with van der Waals surface area (Å²) in [5, 5.41) is 21.9. The monoisotopic (exact) mass is 703 g/mol. The predicted octanol–water partition coefficient (Wildman–Crippen LogP) is 7.09. The second kappa shape index (κ2) is 16.5. The van der Waals surface area contributed by atoms with Gasteiger partial charge in [0, 0.05) is 23.4 Å². The van der Waals surface area contributed by atoms with Crippen molar-refractivity contribution in [1.82, 2.24) is 9.97 Å². The van der Waals surface area contributed by atoms with Gasteiger partial charge in [-0.2, -0.15) is 26.3 Å². The number of carbonyl (C=O) groups is 2. The number of alkyl halides is 6. The molecule has 49 heavy (non-hydrogen) atoms. The summed E-state index contributed by atoms with van der Waals surface area (Å²) < 4.78 is 90.8. The Morgan fingerprint density at radius 1 is 0.980 bits per heavy atom. The van der Waals surface area contributed by atoms with Gasteiger partial charge in [0.1, 0.15) is 17.4 Å². The molecule has 0 aliphatic heterocycles. The first-order valence-corrected chi connectivity index (χ1v) is 14.0. The van der Waals surface area contributed by atoms with E-state index in [1.807, 2.05) is 45.9 Å². The number of amidine groups is 1. The number of hydrogen-bond donors (Lipinski definition) is 5. The number of nitrogens with zero attached hydrogens (tertiary/aromatic N) is 2. The Kier molecular flexibility index (Phi) is 13.4. The van der Waals surface area contributed by atoms with Crippen molar-refractivity contribution in [3.8, 4) is 11.5 Å². The summed E-state index contributed by atoms with van der Waals surface area (Å²) in [6.07, 6.45) is -10.4. The molecule has 0 aliphatic carbocycles. The van der Waals surface area contributed by atoms with Crippen LogP contribution in [-0.2, 0) is 16.1 Å². The van der Waals surface area contributed by atoms with E-state index >= 15 is 4.39 Å². The maximum absolute atomic E-state index is 15.8. The van der Waals surface area contributed by atoms with Gasteiger partial charge in [-0.15, -0.1) is 0 Å². The Labute approximate surface area is 274 Å². The zero-order valence-electron chi connectivity index (χ0n) is 26.3. The third-order valence-corrected chi connectivity index (χ3v) is 5.93. The Morgan fingerprint density at radius 3 is 2.00 bits per heavy atom. The maximum atomic E-state index is 15.8. The first kappa shape index (κ1) is 39.6. The first-order chi connectivity index (χ1) is 22.6. The fourth-order valence-electron chi connectivity index (χ4n) is 3.87. The van der Waals surface area contributed by atoms with Crippen LogP contribution in [0.2, 0.25) is 0 Å². The number of anilines is 2. The number of imidazole rings is 1. The lowest BCUT2D eigenvalue weighted by Gasteiger charge is -2.26. The largest absolute Gasteiger partial charge is 0.494 e. The maximum Gasteiger partial charge on any atom is 0.490 e. The summed E-state index contributed by atoms with van der Waals surface area (Å²) in [5.41, 5.74) is 10.1. The van der Waals surface area contributed by atoms with Gasteiger partial charge in [0.05, 0.1) is 36.0 Å². The van der Waals surface area contributed by atoms with E-state index in [1.54, 1.807) is 41.3 Å². The van der Waals surface area contributed by atoms with Gasteiger partial charge in [0.2, 0.25) is 0 Å². The van der Waals surface area contributed by atoms with Crippen molar-refractivity contribution in [2.45, 2.75) is 52.7 Å². The SMILES string of the molecule is CCOc1cc(OC(C)C)c(F)c(N(Cc2nc3cc(C)ccc3[nH]2)c2ccc(C(=N)N)cc2)c1.O=C(O)C(F)(F)F.O=C(O)C(F)(F)F. The Morgan fingerprint density at radius 2 is 1.53 bits per heavy atom. The Balaban J connectivity index is 0.000000500. The number of carboxylic acid groups (broad SMARTS) is 2. The summed E-state index contributed by atoms with van der Waals surface area (Å²) in [7, 11) is 0. The lowest BCUT2D eigenvalue weighted by atomic mass is 10.1. The summed E-state index contributed by atoms with van der Waals surface area (Å²) in [6.45, 7) is 8.29. The van der Waals surface area contributed by atoms with E-state index < -0.39 is 30.1 Å². The van der Waals surface area contributed by atoms with Gasteiger partial charge in [-0.1, -0.05) is 6.07 Å².